The third kappa shape index (κ3) is 3.77. The summed E-state index contributed by atoms with van der Waals surface area (Å²) in [5, 5.41) is 11.1. The smallest absolute Gasteiger partial charge is 0.258 e. The Morgan fingerprint density at radius 1 is 1.10 bits per heavy atom. The van der Waals surface area contributed by atoms with Gasteiger partial charge in [-0.25, -0.2) is 9.97 Å². The molecule has 4 aromatic rings. The number of ether oxygens (including phenoxy) is 1. The SMILES string of the molecule is Nc1nc(-c2ccccc2)c(-c2cc(Cl)c3[nH]ncc3c2)nc1OC1CCNC(=O)C1. The van der Waals surface area contributed by atoms with E-state index in [9.17, 15) is 4.79 Å². The van der Waals surface area contributed by atoms with Gasteiger partial charge in [0.2, 0.25) is 5.91 Å². The number of nitrogen functional groups attached to an aromatic ring is 1. The topological polar surface area (TPSA) is 119 Å². The summed E-state index contributed by atoms with van der Waals surface area (Å²) in [6, 6.07) is 13.4. The minimum absolute atomic E-state index is 0.0545. The lowest BCUT2D eigenvalue weighted by Gasteiger charge is -2.23. The highest BCUT2D eigenvalue weighted by Crippen LogP contribution is 2.36. The lowest BCUT2D eigenvalue weighted by Crippen LogP contribution is -2.39. The molecule has 0 aliphatic carbocycles. The lowest BCUT2D eigenvalue weighted by molar-refractivity contribution is -0.124. The van der Waals surface area contributed by atoms with Crippen molar-refractivity contribution in [3.63, 3.8) is 0 Å². The Morgan fingerprint density at radius 3 is 2.71 bits per heavy atom. The molecule has 0 saturated carbocycles. The van der Waals surface area contributed by atoms with Gasteiger partial charge in [-0.05, 0) is 12.1 Å². The number of aromatic amines is 1. The van der Waals surface area contributed by atoms with Crippen LogP contribution in [-0.4, -0.2) is 38.7 Å². The molecule has 0 radical (unpaired) electrons. The van der Waals surface area contributed by atoms with Crippen molar-refractivity contribution >= 4 is 34.2 Å². The third-order valence-electron chi connectivity index (χ3n) is 5.19. The van der Waals surface area contributed by atoms with Gasteiger partial charge in [-0.15, -0.1) is 0 Å². The van der Waals surface area contributed by atoms with Crippen LogP contribution in [0.15, 0.2) is 48.7 Å². The maximum absolute atomic E-state index is 11.7. The highest BCUT2D eigenvalue weighted by Gasteiger charge is 2.24. The zero-order valence-corrected chi connectivity index (χ0v) is 17.2. The molecule has 1 aliphatic rings. The van der Waals surface area contributed by atoms with E-state index in [4.69, 9.17) is 27.1 Å². The highest BCUT2D eigenvalue weighted by atomic mass is 35.5. The molecule has 3 heterocycles. The zero-order chi connectivity index (χ0) is 21.4. The standard InChI is InChI=1S/C22H19ClN6O2/c23-16-9-13(8-14-11-26-29-18(14)16)20-19(12-4-2-1-3-5-12)27-21(24)22(28-20)31-15-6-7-25-17(30)10-15/h1-5,8-9,11,15H,6-7,10H2,(H2,24,27)(H,25,30)(H,26,29). The van der Waals surface area contributed by atoms with E-state index in [-0.39, 0.29) is 30.1 Å². The molecule has 1 unspecified atom stereocenters. The molecule has 5 rings (SSSR count). The van der Waals surface area contributed by atoms with Crippen LogP contribution in [0.2, 0.25) is 5.02 Å². The molecular weight excluding hydrogens is 416 g/mol. The molecule has 1 fully saturated rings. The predicted molar refractivity (Wildman–Crippen MR) is 119 cm³/mol. The molecule has 2 aromatic heterocycles. The second kappa shape index (κ2) is 7.88. The van der Waals surface area contributed by atoms with Gasteiger partial charge >= 0.3 is 0 Å². The fraction of sp³-hybridized carbons (Fsp3) is 0.182. The van der Waals surface area contributed by atoms with E-state index in [1.54, 1.807) is 6.20 Å². The number of nitrogens with zero attached hydrogens (tertiary/aromatic N) is 3. The summed E-state index contributed by atoms with van der Waals surface area (Å²) in [4.78, 5) is 21.1. The third-order valence-corrected chi connectivity index (χ3v) is 5.49. The Morgan fingerprint density at radius 2 is 1.90 bits per heavy atom. The first-order chi connectivity index (χ1) is 15.1. The zero-order valence-electron chi connectivity index (χ0n) is 16.4. The quantitative estimate of drug-likeness (QED) is 0.451. The van der Waals surface area contributed by atoms with Gasteiger partial charge in [0.25, 0.3) is 5.88 Å². The monoisotopic (exact) mass is 434 g/mol. The number of fused-ring (bicyclic) bond motifs is 1. The average Bonchev–Trinajstić information content (AvgIpc) is 3.25. The summed E-state index contributed by atoms with van der Waals surface area (Å²) in [5.41, 5.74) is 9.80. The van der Waals surface area contributed by atoms with E-state index in [0.29, 0.717) is 29.4 Å². The Kier molecular flexibility index (Phi) is 4.91. The van der Waals surface area contributed by atoms with Gasteiger partial charge in [0.1, 0.15) is 11.8 Å². The Labute approximate surface area is 182 Å². The number of piperidine rings is 1. The molecule has 1 amide bonds. The number of amides is 1. The van der Waals surface area contributed by atoms with Crippen molar-refractivity contribution in [1.29, 1.82) is 0 Å². The number of hydrogen-bond acceptors (Lipinski definition) is 6. The Balaban J connectivity index is 1.64. The summed E-state index contributed by atoms with van der Waals surface area (Å²) < 4.78 is 6.00. The van der Waals surface area contributed by atoms with E-state index >= 15 is 0 Å². The van der Waals surface area contributed by atoms with Crippen molar-refractivity contribution in [3.8, 4) is 28.4 Å². The van der Waals surface area contributed by atoms with E-state index in [0.717, 1.165) is 22.0 Å². The van der Waals surface area contributed by atoms with E-state index in [1.807, 2.05) is 42.5 Å². The number of nitrogens with one attached hydrogen (secondary N) is 2. The number of halogens is 1. The molecule has 1 atom stereocenters. The lowest BCUT2D eigenvalue weighted by atomic mass is 10.0. The van der Waals surface area contributed by atoms with Crippen LogP contribution in [0.3, 0.4) is 0 Å². The molecular formula is C22H19ClN6O2. The first-order valence-electron chi connectivity index (χ1n) is 9.88. The number of rotatable bonds is 4. The van der Waals surface area contributed by atoms with Crippen LogP contribution >= 0.6 is 11.6 Å². The summed E-state index contributed by atoms with van der Waals surface area (Å²) in [6.07, 6.45) is 2.33. The second-order valence-corrected chi connectivity index (χ2v) is 7.76. The average molecular weight is 435 g/mol. The molecule has 31 heavy (non-hydrogen) atoms. The van der Waals surface area contributed by atoms with Crippen molar-refractivity contribution in [3.05, 3.63) is 53.7 Å². The number of hydrogen-bond donors (Lipinski definition) is 3. The molecule has 1 saturated heterocycles. The number of carbonyl (C=O) groups excluding carboxylic acids is 1. The largest absolute Gasteiger partial charge is 0.471 e. The summed E-state index contributed by atoms with van der Waals surface area (Å²) in [5.74, 6) is 0.322. The number of nitrogens with two attached hydrogens (primary N) is 1. The summed E-state index contributed by atoms with van der Waals surface area (Å²) in [6.45, 7) is 0.554. The van der Waals surface area contributed by atoms with E-state index in [1.165, 1.54) is 0 Å². The van der Waals surface area contributed by atoms with Crippen molar-refractivity contribution in [2.24, 2.45) is 0 Å². The van der Waals surface area contributed by atoms with Crippen molar-refractivity contribution < 1.29 is 9.53 Å². The van der Waals surface area contributed by atoms with E-state index in [2.05, 4.69) is 20.5 Å². The van der Waals surface area contributed by atoms with Gasteiger partial charge in [-0.1, -0.05) is 41.9 Å². The van der Waals surface area contributed by atoms with Crippen LogP contribution in [0.5, 0.6) is 5.88 Å². The molecule has 2 aromatic carbocycles. The Hall–Kier alpha value is -3.65. The highest BCUT2D eigenvalue weighted by molar-refractivity contribution is 6.35. The first kappa shape index (κ1) is 19.3. The van der Waals surface area contributed by atoms with E-state index < -0.39 is 0 Å². The van der Waals surface area contributed by atoms with Crippen LogP contribution in [0.4, 0.5) is 5.82 Å². The number of benzene rings is 2. The first-order valence-corrected chi connectivity index (χ1v) is 10.3. The Bertz CT molecular complexity index is 1270. The van der Waals surface area contributed by atoms with Crippen LogP contribution < -0.4 is 15.8 Å². The normalized spacial score (nSPS) is 16.3. The number of carbonyl (C=O) groups is 1. The minimum Gasteiger partial charge on any atom is -0.471 e. The van der Waals surface area contributed by atoms with Crippen LogP contribution in [0.25, 0.3) is 33.4 Å². The van der Waals surface area contributed by atoms with Crippen LogP contribution in [0, 0.1) is 0 Å². The minimum atomic E-state index is -0.305. The van der Waals surface area contributed by atoms with Crippen LogP contribution in [-0.2, 0) is 4.79 Å². The number of aromatic nitrogens is 4. The maximum Gasteiger partial charge on any atom is 0.258 e. The van der Waals surface area contributed by atoms with Gasteiger partial charge in [0.15, 0.2) is 5.82 Å². The molecule has 0 spiro atoms. The number of H-pyrrole nitrogens is 1. The van der Waals surface area contributed by atoms with Gasteiger partial charge in [0.05, 0.1) is 28.9 Å². The fourth-order valence-corrected chi connectivity index (χ4v) is 3.95. The summed E-state index contributed by atoms with van der Waals surface area (Å²) in [7, 11) is 0. The van der Waals surface area contributed by atoms with Gasteiger partial charge < -0.3 is 15.8 Å². The van der Waals surface area contributed by atoms with Gasteiger partial charge in [-0.2, -0.15) is 5.10 Å². The van der Waals surface area contributed by atoms with Crippen LogP contribution in [0.1, 0.15) is 12.8 Å². The maximum atomic E-state index is 11.7. The van der Waals surface area contributed by atoms with Crippen molar-refractivity contribution in [2.45, 2.75) is 18.9 Å². The van der Waals surface area contributed by atoms with Crippen molar-refractivity contribution in [2.75, 3.05) is 12.3 Å². The summed E-state index contributed by atoms with van der Waals surface area (Å²) >= 11 is 6.47. The van der Waals surface area contributed by atoms with Gasteiger partial charge in [-0.3, -0.25) is 9.89 Å². The predicted octanol–water partition coefficient (Wildman–Crippen LogP) is 3.58. The molecule has 4 N–H and O–H groups in total. The fourth-order valence-electron chi connectivity index (χ4n) is 3.68. The molecule has 0 bridgehead atoms. The van der Waals surface area contributed by atoms with Crippen molar-refractivity contribution in [1.82, 2.24) is 25.5 Å². The molecule has 8 nitrogen and oxygen atoms in total. The molecule has 156 valence electrons. The van der Waals surface area contributed by atoms with Gasteiger partial charge in [0, 0.05) is 29.5 Å². The molecule has 1 aliphatic heterocycles. The second-order valence-electron chi connectivity index (χ2n) is 7.35. The number of anilines is 1. The molecule has 9 heteroatoms.